The Bertz CT molecular complexity index is 701. The van der Waals surface area contributed by atoms with Gasteiger partial charge in [0.05, 0.1) is 26.0 Å². The Kier molecular flexibility index (Phi) is 10.2. The summed E-state index contributed by atoms with van der Waals surface area (Å²) in [6, 6.07) is 11.9. The highest BCUT2D eigenvalue weighted by molar-refractivity contribution is 14.0. The zero-order valence-electron chi connectivity index (χ0n) is 16.4. The maximum absolute atomic E-state index is 5.81. The van der Waals surface area contributed by atoms with Gasteiger partial charge in [-0.05, 0) is 49.1 Å². The molecule has 1 aromatic heterocycles. The second-order valence-corrected chi connectivity index (χ2v) is 6.64. The van der Waals surface area contributed by atoms with Crippen LogP contribution in [-0.4, -0.2) is 38.9 Å². The van der Waals surface area contributed by atoms with Gasteiger partial charge in [-0.15, -0.1) is 24.0 Å². The van der Waals surface area contributed by atoms with Crippen molar-refractivity contribution in [3.63, 3.8) is 0 Å². The molecule has 0 spiro atoms. The number of nitrogens with one attached hydrogen (secondary N) is 2. The van der Waals surface area contributed by atoms with Gasteiger partial charge in [-0.3, -0.25) is 0 Å². The van der Waals surface area contributed by atoms with Gasteiger partial charge in [-0.1, -0.05) is 12.1 Å². The highest BCUT2D eigenvalue weighted by atomic mass is 127. The molecule has 1 unspecified atom stereocenters. The fraction of sp³-hybridized carbons (Fsp3) is 0.476. The second kappa shape index (κ2) is 12.7. The van der Waals surface area contributed by atoms with E-state index in [-0.39, 0.29) is 30.1 Å². The van der Waals surface area contributed by atoms with Crippen LogP contribution in [0.3, 0.4) is 0 Å². The van der Waals surface area contributed by atoms with Crippen molar-refractivity contribution in [1.29, 1.82) is 0 Å². The topological polar surface area (TPSA) is 68.0 Å². The van der Waals surface area contributed by atoms with E-state index in [0.29, 0.717) is 6.54 Å². The molecule has 2 N–H and O–H groups in total. The lowest BCUT2D eigenvalue weighted by Crippen LogP contribution is -2.43. The quantitative estimate of drug-likeness (QED) is 0.329. The molecule has 2 heterocycles. The molecule has 3 rings (SSSR count). The van der Waals surface area contributed by atoms with Gasteiger partial charge < -0.3 is 24.5 Å². The number of benzene rings is 1. The molecule has 0 bridgehead atoms. The summed E-state index contributed by atoms with van der Waals surface area (Å²) in [5, 5.41) is 6.81. The minimum Gasteiger partial charge on any atom is -0.497 e. The summed E-state index contributed by atoms with van der Waals surface area (Å²) in [6.45, 7) is 2.96. The van der Waals surface area contributed by atoms with Crippen molar-refractivity contribution in [2.24, 2.45) is 4.99 Å². The molecule has 0 saturated carbocycles. The van der Waals surface area contributed by atoms with E-state index < -0.39 is 0 Å². The Morgan fingerprint density at radius 3 is 2.89 bits per heavy atom. The third-order valence-electron chi connectivity index (χ3n) is 4.57. The summed E-state index contributed by atoms with van der Waals surface area (Å²) >= 11 is 0. The number of furan rings is 1. The number of hydrogen-bond donors (Lipinski definition) is 2. The monoisotopic (exact) mass is 499 g/mol. The molecule has 1 aliphatic rings. The number of guanidine groups is 1. The van der Waals surface area contributed by atoms with Crippen LogP contribution in [0.1, 0.15) is 30.6 Å². The van der Waals surface area contributed by atoms with Gasteiger partial charge in [0, 0.05) is 26.1 Å². The molecule has 2 aromatic rings. The molecule has 1 aromatic carbocycles. The van der Waals surface area contributed by atoms with Crippen molar-refractivity contribution in [1.82, 2.24) is 10.6 Å². The summed E-state index contributed by atoms with van der Waals surface area (Å²) in [6.07, 6.45) is 6.26. The molecule has 0 amide bonds. The lowest BCUT2D eigenvalue weighted by molar-refractivity contribution is 0.0194. The van der Waals surface area contributed by atoms with E-state index in [1.165, 1.54) is 6.42 Å². The summed E-state index contributed by atoms with van der Waals surface area (Å²) in [4.78, 5) is 4.73. The van der Waals surface area contributed by atoms with Crippen molar-refractivity contribution in [3.05, 3.63) is 54.0 Å². The predicted octanol–water partition coefficient (Wildman–Crippen LogP) is 3.75. The average Bonchev–Trinajstić information content (AvgIpc) is 3.24. The molecular formula is C21H30IN3O3. The SMILES string of the molecule is COc1cccc(CN=C(NCCc2ccco2)NCC2CCCCO2)c1.I. The minimum absolute atomic E-state index is 0. The van der Waals surface area contributed by atoms with Gasteiger partial charge in [0.15, 0.2) is 5.96 Å². The normalized spacial score (nSPS) is 16.9. The van der Waals surface area contributed by atoms with Crippen molar-refractivity contribution in [3.8, 4) is 5.75 Å². The lowest BCUT2D eigenvalue weighted by Gasteiger charge is -2.23. The zero-order chi connectivity index (χ0) is 18.7. The Hall–Kier alpha value is -1.74. The number of hydrogen-bond acceptors (Lipinski definition) is 4. The number of nitrogens with zero attached hydrogens (tertiary/aromatic N) is 1. The fourth-order valence-electron chi connectivity index (χ4n) is 3.05. The van der Waals surface area contributed by atoms with Crippen molar-refractivity contribution in [2.45, 2.75) is 38.3 Å². The first-order valence-corrected chi connectivity index (χ1v) is 9.62. The van der Waals surface area contributed by atoms with Crippen LogP contribution in [0.2, 0.25) is 0 Å². The third-order valence-corrected chi connectivity index (χ3v) is 4.57. The number of rotatable bonds is 8. The average molecular weight is 499 g/mol. The van der Waals surface area contributed by atoms with E-state index in [2.05, 4.69) is 16.7 Å². The Labute approximate surface area is 184 Å². The van der Waals surface area contributed by atoms with Gasteiger partial charge in [0.2, 0.25) is 0 Å². The number of halogens is 1. The number of aliphatic imine (C=N–C) groups is 1. The zero-order valence-corrected chi connectivity index (χ0v) is 18.7. The van der Waals surface area contributed by atoms with Crippen LogP contribution < -0.4 is 15.4 Å². The van der Waals surface area contributed by atoms with E-state index in [4.69, 9.17) is 18.9 Å². The van der Waals surface area contributed by atoms with Gasteiger partial charge in [-0.25, -0.2) is 4.99 Å². The second-order valence-electron chi connectivity index (χ2n) is 6.64. The van der Waals surface area contributed by atoms with Crippen molar-refractivity contribution in [2.75, 3.05) is 26.8 Å². The largest absolute Gasteiger partial charge is 0.497 e. The highest BCUT2D eigenvalue weighted by Gasteiger charge is 2.14. The predicted molar refractivity (Wildman–Crippen MR) is 122 cm³/mol. The molecule has 6 nitrogen and oxygen atoms in total. The van der Waals surface area contributed by atoms with E-state index in [9.17, 15) is 0 Å². The van der Waals surface area contributed by atoms with Crippen LogP contribution in [0.4, 0.5) is 0 Å². The Balaban J connectivity index is 0.00000280. The summed E-state index contributed by atoms with van der Waals surface area (Å²) in [5.41, 5.74) is 1.11. The first-order chi connectivity index (χ1) is 13.3. The van der Waals surface area contributed by atoms with E-state index in [1.54, 1.807) is 13.4 Å². The first kappa shape index (κ1) is 22.5. The molecule has 154 valence electrons. The van der Waals surface area contributed by atoms with E-state index >= 15 is 0 Å². The molecule has 0 aliphatic carbocycles. The number of methoxy groups -OCH3 is 1. The lowest BCUT2D eigenvalue weighted by atomic mass is 10.1. The summed E-state index contributed by atoms with van der Waals surface area (Å²) < 4.78 is 16.5. The summed E-state index contributed by atoms with van der Waals surface area (Å²) in [7, 11) is 1.68. The van der Waals surface area contributed by atoms with E-state index in [0.717, 1.165) is 62.0 Å². The van der Waals surface area contributed by atoms with Gasteiger partial charge in [0.25, 0.3) is 0 Å². The molecule has 1 saturated heterocycles. The molecule has 1 fully saturated rings. The van der Waals surface area contributed by atoms with Crippen molar-refractivity contribution < 1.29 is 13.9 Å². The van der Waals surface area contributed by atoms with Crippen LogP contribution in [0.5, 0.6) is 5.75 Å². The minimum atomic E-state index is 0. The van der Waals surface area contributed by atoms with Gasteiger partial charge in [0.1, 0.15) is 11.5 Å². The van der Waals surface area contributed by atoms with Crippen LogP contribution >= 0.6 is 24.0 Å². The van der Waals surface area contributed by atoms with Crippen LogP contribution in [0.25, 0.3) is 0 Å². The molecule has 0 radical (unpaired) electrons. The maximum Gasteiger partial charge on any atom is 0.191 e. The Morgan fingerprint density at radius 1 is 1.21 bits per heavy atom. The molecule has 1 aliphatic heterocycles. The first-order valence-electron chi connectivity index (χ1n) is 9.62. The van der Waals surface area contributed by atoms with Gasteiger partial charge >= 0.3 is 0 Å². The van der Waals surface area contributed by atoms with Crippen molar-refractivity contribution >= 4 is 29.9 Å². The van der Waals surface area contributed by atoms with Gasteiger partial charge in [-0.2, -0.15) is 0 Å². The summed E-state index contributed by atoms with van der Waals surface area (Å²) in [5.74, 6) is 2.60. The smallest absolute Gasteiger partial charge is 0.191 e. The standard InChI is InChI=1S/C21H29N3O3.HI/c1-25-19-8-4-6-17(14-19)15-23-21(22-11-10-18-9-5-13-26-18)24-16-20-7-2-3-12-27-20;/h4-6,8-9,13-14,20H,2-3,7,10-12,15-16H2,1H3,(H2,22,23,24);1H. The number of ether oxygens (including phenoxy) is 2. The van der Waals surface area contributed by atoms with E-state index in [1.807, 2.05) is 30.3 Å². The maximum atomic E-state index is 5.81. The molecular weight excluding hydrogens is 469 g/mol. The Morgan fingerprint density at radius 2 is 2.14 bits per heavy atom. The third kappa shape index (κ3) is 7.71. The van der Waals surface area contributed by atoms with Crippen LogP contribution in [-0.2, 0) is 17.7 Å². The molecule has 28 heavy (non-hydrogen) atoms. The highest BCUT2D eigenvalue weighted by Crippen LogP contribution is 2.13. The van der Waals surface area contributed by atoms with Crippen LogP contribution in [0, 0.1) is 0 Å². The molecule has 7 heteroatoms. The van der Waals surface area contributed by atoms with Crippen LogP contribution in [0.15, 0.2) is 52.1 Å². The fourth-order valence-corrected chi connectivity index (χ4v) is 3.05. The molecule has 1 atom stereocenters.